The number of halogens is 3. The van der Waals surface area contributed by atoms with Gasteiger partial charge in [0.1, 0.15) is 6.17 Å². The molecule has 0 spiro atoms. The predicted octanol–water partition coefficient (Wildman–Crippen LogP) is 5.72. The molecule has 2 N–H and O–H groups in total. The summed E-state index contributed by atoms with van der Waals surface area (Å²) < 4.78 is 1.57. The summed E-state index contributed by atoms with van der Waals surface area (Å²) in [4.78, 5) is 25.5. The number of hydrogen-bond acceptors (Lipinski definition) is 2. The second-order valence-electron chi connectivity index (χ2n) is 5.92. The van der Waals surface area contributed by atoms with Crippen molar-refractivity contribution >= 4 is 55.3 Å². The second kappa shape index (κ2) is 9.37. The number of rotatable bonds is 5. The Balaban J connectivity index is 1.88. The molecule has 3 aromatic rings. The topological polar surface area (TPSA) is 58.2 Å². The molecule has 142 valence electrons. The minimum Gasteiger partial charge on any atom is -0.328 e. The molecule has 0 fully saturated rings. The Hall–Kier alpha value is -2.15. The van der Waals surface area contributed by atoms with Crippen molar-refractivity contribution in [2.75, 3.05) is 0 Å². The molecule has 0 bridgehead atoms. The summed E-state index contributed by atoms with van der Waals surface area (Å²) in [6, 6.07) is 21.0. The quantitative estimate of drug-likeness (QED) is 0.421. The van der Waals surface area contributed by atoms with Gasteiger partial charge in [-0.25, -0.2) is 0 Å². The van der Waals surface area contributed by atoms with E-state index in [-0.39, 0.29) is 11.8 Å². The van der Waals surface area contributed by atoms with Crippen LogP contribution in [-0.2, 0) is 0 Å². The molecule has 0 atom stereocenters. The Bertz CT molecular complexity index is 967. The largest absolute Gasteiger partial charge is 0.328 e. The van der Waals surface area contributed by atoms with Gasteiger partial charge in [0.15, 0.2) is 0 Å². The van der Waals surface area contributed by atoms with Crippen LogP contribution in [0.3, 0.4) is 0 Å². The lowest BCUT2D eigenvalue weighted by Crippen LogP contribution is -2.41. The van der Waals surface area contributed by atoms with Crippen molar-refractivity contribution in [2.24, 2.45) is 0 Å². The zero-order valence-corrected chi connectivity index (χ0v) is 18.4. The molecule has 3 rings (SSSR count). The molecule has 0 radical (unpaired) electrons. The number of nitrogens with one attached hydrogen (secondary N) is 2. The molecule has 0 aliphatic rings. The van der Waals surface area contributed by atoms with E-state index in [0.717, 1.165) is 8.95 Å². The maximum Gasteiger partial charge on any atom is 0.253 e. The Kier molecular flexibility index (Phi) is 6.88. The van der Waals surface area contributed by atoms with Crippen LogP contribution in [0.15, 0.2) is 81.7 Å². The van der Waals surface area contributed by atoms with Crippen LogP contribution in [0.25, 0.3) is 0 Å². The van der Waals surface area contributed by atoms with Crippen molar-refractivity contribution < 1.29 is 9.59 Å². The SMILES string of the molecule is O=C(NC(NC(=O)c1cccc(Br)c1)c1ccccc1Cl)c1cccc(Br)c1. The third kappa shape index (κ3) is 5.22. The van der Waals surface area contributed by atoms with E-state index in [4.69, 9.17) is 11.6 Å². The van der Waals surface area contributed by atoms with E-state index < -0.39 is 6.17 Å². The van der Waals surface area contributed by atoms with E-state index in [1.165, 1.54) is 0 Å². The van der Waals surface area contributed by atoms with Gasteiger partial charge in [-0.05, 0) is 42.5 Å². The Morgan fingerprint density at radius 3 is 1.71 bits per heavy atom. The van der Waals surface area contributed by atoms with Crippen LogP contribution in [0.1, 0.15) is 32.4 Å². The van der Waals surface area contributed by atoms with Crippen LogP contribution < -0.4 is 10.6 Å². The molecular formula is C21H15Br2ClN2O2. The first-order valence-electron chi connectivity index (χ1n) is 8.31. The highest BCUT2D eigenvalue weighted by Gasteiger charge is 2.21. The van der Waals surface area contributed by atoms with Gasteiger partial charge >= 0.3 is 0 Å². The van der Waals surface area contributed by atoms with E-state index in [1.807, 2.05) is 12.1 Å². The van der Waals surface area contributed by atoms with Crippen molar-refractivity contribution in [3.05, 3.63) is 103 Å². The molecule has 2 amide bonds. The van der Waals surface area contributed by atoms with Crippen molar-refractivity contribution in [1.82, 2.24) is 10.6 Å². The summed E-state index contributed by atoms with van der Waals surface area (Å²) >= 11 is 13.0. The first-order chi connectivity index (χ1) is 13.4. The van der Waals surface area contributed by atoms with Crippen LogP contribution >= 0.6 is 43.5 Å². The first kappa shape index (κ1) is 20.6. The highest BCUT2D eigenvalue weighted by molar-refractivity contribution is 9.10. The highest BCUT2D eigenvalue weighted by atomic mass is 79.9. The van der Waals surface area contributed by atoms with Gasteiger partial charge in [-0.15, -0.1) is 0 Å². The standard InChI is InChI=1S/C21H15Br2ClN2O2/c22-15-7-3-5-13(11-15)20(27)25-19(17-9-1-2-10-18(17)24)26-21(28)14-6-4-8-16(23)12-14/h1-12,19H,(H,25,27)(H,26,28). The van der Waals surface area contributed by atoms with Crippen molar-refractivity contribution in [3.8, 4) is 0 Å². The van der Waals surface area contributed by atoms with E-state index in [0.29, 0.717) is 21.7 Å². The lowest BCUT2D eigenvalue weighted by Gasteiger charge is -2.22. The van der Waals surface area contributed by atoms with Crippen LogP contribution in [0, 0.1) is 0 Å². The second-order valence-corrected chi connectivity index (χ2v) is 8.16. The van der Waals surface area contributed by atoms with Crippen molar-refractivity contribution in [2.45, 2.75) is 6.17 Å². The molecule has 0 heterocycles. The summed E-state index contributed by atoms with van der Waals surface area (Å²) in [5.41, 5.74) is 1.52. The summed E-state index contributed by atoms with van der Waals surface area (Å²) in [5.74, 6) is -0.665. The summed E-state index contributed by atoms with van der Waals surface area (Å²) in [5, 5.41) is 6.13. The van der Waals surface area contributed by atoms with Gasteiger partial charge in [0.2, 0.25) is 0 Å². The van der Waals surface area contributed by atoms with E-state index in [9.17, 15) is 9.59 Å². The van der Waals surface area contributed by atoms with Gasteiger partial charge < -0.3 is 10.6 Å². The van der Waals surface area contributed by atoms with Gasteiger partial charge in [-0.2, -0.15) is 0 Å². The zero-order valence-electron chi connectivity index (χ0n) is 14.5. The maximum absolute atomic E-state index is 12.7. The van der Waals surface area contributed by atoms with E-state index in [2.05, 4.69) is 42.5 Å². The minimum atomic E-state index is -0.799. The molecule has 0 aromatic heterocycles. The molecule has 0 saturated heterocycles. The minimum absolute atomic E-state index is 0.333. The number of amides is 2. The fourth-order valence-corrected chi connectivity index (χ4v) is 3.63. The summed E-state index contributed by atoms with van der Waals surface area (Å²) in [6.45, 7) is 0. The molecule has 0 saturated carbocycles. The molecule has 28 heavy (non-hydrogen) atoms. The normalized spacial score (nSPS) is 10.6. The molecule has 4 nitrogen and oxygen atoms in total. The smallest absolute Gasteiger partial charge is 0.253 e. The predicted molar refractivity (Wildman–Crippen MR) is 117 cm³/mol. The van der Waals surface area contributed by atoms with Crippen molar-refractivity contribution in [3.63, 3.8) is 0 Å². The third-order valence-corrected chi connectivity index (χ3v) is 5.27. The third-order valence-electron chi connectivity index (χ3n) is 3.94. The molecule has 7 heteroatoms. The van der Waals surface area contributed by atoms with Gasteiger partial charge in [0, 0.05) is 30.7 Å². The molecular weight excluding hydrogens is 508 g/mol. The molecule has 3 aromatic carbocycles. The van der Waals surface area contributed by atoms with Crippen LogP contribution in [0.5, 0.6) is 0 Å². The highest BCUT2D eigenvalue weighted by Crippen LogP contribution is 2.22. The van der Waals surface area contributed by atoms with Crippen LogP contribution in [0.2, 0.25) is 5.02 Å². The summed E-state index contributed by atoms with van der Waals surface area (Å²) in [7, 11) is 0. The lowest BCUT2D eigenvalue weighted by atomic mass is 10.1. The van der Waals surface area contributed by atoms with Crippen LogP contribution in [0.4, 0.5) is 0 Å². The van der Waals surface area contributed by atoms with E-state index in [1.54, 1.807) is 60.7 Å². The Morgan fingerprint density at radius 1 is 0.750 bits per heavy atom. The first-order valence-corrected chi connectivity index (χ1v) is 10.3. The van der Waals surface area contributed by atoms with Gasteiger partial charge in [-0.3, -0.25) is 9.59 Å². The zero-order chi connectivity index (χ0) is 20.1. The van der Waals surface area contributed by atoms with Crippen molar-refractivity contribution in [1.29, 1.82) is 0 Å². The molecule has 0 unspecified atom stereocenters. The monoisotopic (exact) mass is 520 g/mol. The Morgan fingerprint density at radius 2 is 1.25 bits per heavy atom. The molecule has 0 aliphatic carbocycles. The number of benzene rings is 3. The maximum atomic E-state index is 12.7. The molecule has 0 aliphatic heterocycles. The van der Waals surface area contributed by atoms with E-state index >= 15 is 0 Å². The van der Waals surface area contributed by atoms with Gasteiger partial charge in [0.25, 0.3) is 11.8 Å². The fraction of sp³-hybridized carbons (Fsp3) is 0.0476. The number of carbonyl (C=O) groups excluding carboxylic acids is 2. The summed E-state index contributed by atoms with van der Waals surface area (Å²) in [6.07, 6.45) is -0.799. The average Bonchev–Trinajstić information content (AvgIpc) is 2.68. The van der Waals surface area contributed by atoms with Gasteiger partial charge in [0.05, 0.1) is 0 Å². The number of carbonyl (C=O) groups is 2. The lowest BCUT2D eigenvalue weighted by molar-refractivity contribution is 0.0883. The Labute approximate surface area is 184 Å². The number of hydrogen-bond donors (Lipinski definition) is 2. The fourth-order valence-electron chi connectivity index (χ4n) is 2.59. The van der Waals surface area contributed by atoms with Gasteiger partial charge in [-0.1, -0.05) is 73.8 Å². The average molecular weight is 523 g/mol. The van der Waals surface area contributed by atoms with Crippen LogP contribution in [-0.4, -0.2) is 11.8 Å².